The number of fused-ring (bicyclic) bond motifs is 1. The summed E-state index contributed by atoms with van der Waals surface area (Å²) in [6.45, 7) is 3.41. The molecule has 2 aromatic rings. The summed E-state index contributed by atoms with van der Waals surface area (Å²) < 4.78 is 11.0. The largest absolute Gasteiger partial charge is 0.468 e. The number of benzene rings is 2. The van der Waals surface area contributed by atoms with Gasteiger partial charge >= 0.3 is 5.97 Å². The van der Waals surface area contributed by atoms with Gasteiger partial charge < -0.3 is 9.47 Å². The number of hydrogen-bond donors (Lipinski definition) is 0. The summed E-state index contributed by atoms with van der Waals surface area (Å²) in [5, 5.41) is 0. The SMILES string of the molecule is COC(=O)[C@]12C=C[C@H](N3CCOCC3)C[C@H]1C(c1ccccc1)=C(c1ccccc1)C2. The number of nitrogens with zero attached hydrogens (tertiary/aromatic N) is 1. The zero-order valence-electron chi connectivity index (χ0n) is 18.0. The van der Waals surface area contributed by atoms with Crippen LogP contribution < -0.4 is 0 Å². The Hall–Kier alpha value is -2.69. The maximum Gasteiger partial charge on any atom is 0.316 e. The van der Waals surface area contributed by atoms with Crippen molar-refractivity contribution in [1.29, 1.82) is 0 Å². The van der Waals surface area contributed by atoms with Gasteiger partial charge in [0.2, 0.25) is 0 Å². The lowest BCUT2D eigenvalue weighted by molar-refractivity contribution is -0.151. The first-order chi connectivity index (χ1) is 15.2. The smallest absolute Gasteiger partial charge is 0.316 e. The predicted octanol–water partition coefficient (Wildman–Crippen LogP) is 4.44. The maximum atomic E-state index is 13.3. The second kappa shape index (κ2) is 8.45. The monoisotopic (exact) mass is 415 g/mol. The van der Waals surface area contributed by atoms with Gasteiger partial charge in [0, 0.05) is 25.0 Å². The highest BCUT2D eigenvalue weighted by Gasteiger charge is 2.54. The van der Waals surface area contributed by atoms with Crippen LogP contribution in [0.2, 0.25) is 0 Å². The molecule has 2 aliphatic carbocycles. The van der Waals surface area contributed by atoms with Gasteiger partial charge in [0.25, 0.3) is 0 Å². The van der Waals surface area contributed by atoms with E-state index in [4.69, 9.17) is 9.47 Å². The minimum atomic E-state index is -0.645. The topological polar surface area (TPSA) is 38.8 Å². The lowest BCUT2D eigenvalue weighted by Gasteiger charge is -2.42. The second-order valence-electron chi connectivity index (χ2n) is 8.70. The minimum Gasteiger partial charge on any atom is -0.468 e. The number of methoxy groups -OCH3 is 1. The van der Waals surface area contributed by atoms with Crippen molar-refractivity contribution in [3.05, 3.63) is 83.9 Å². The fourth-order valence-electron chi connectivity index (χ4n) is 5.63. The third kappa shape index (κ3) is 3.54. The number of morpholine rings is 1. The van der Waals surface area contributed by atoms with Crippen LogP contribution in [0.15, 0.2) is 72.8 Å². The van der Waals surface area contributed by atoms with Crippen LogP contribution in [-0.4, -0.2) is 50.3 Å². The number of allylic oxidation sites excluding steroid dienone is 2. The van der Waals surface area contributed by atoms with Gasteiger partial charge in [-0.1, -0.05) is 72.8 Å². The highest BCUT2D eigenvalue weighted by Crippen LogP contribution is 2.59. The van der Waals surface area contributed by atoms with Crippen molar-refractivity contribution in [1.82, 2.24) is 4.90 Å². The van der Waals surface area contributed by atoms with Gasteiger partial charge in [-0.2, -0.15) is 0 Å². The molecule has 4 nitrogen and oxygen atoms in total. The zero-order valence-corrected chi connectivity index (χ0v) is 18.0. The third-order valence-electron chi connectivity index (χ3n) is 7.14. The molecule has 4 heteroatoms. The van der Waals surface area contributed by atoms with Crippen LogP contribution in [0.5, 0.6) is 0 Å². The summed E-state index contributed by atoms with van der Waals surface area (Å²) in [6, 6.07) is 21.4. The Morgan fingerprint density at radius 2 is 1.65 bits per heavy atom. The van der Waals surface area contributed by atoms with Crippen LogP contribution in [0.25, 0.3) is 11.1 Å². The molecule has 3 atom stereocenters. The minimum absolute atomic E-state index is 0.0791. The summed E-state index contributed by atoms with van der Waals surface area (Å²) in [6.07, 6.45) is 5.98. The molecule has 0 spiro atoms. The van der Waals surface area contributed by atoms with E-state index in [1.165, 1.54) is 29.4 Å². The average Bonchev–Trinajstić information content (AvgIpc) is 3.21. The van der Waals surface area contributed by atoms with Gasteiger partial charge in [-0.25, -0.2) is 0 Å². The summed E-state index contributed by atoms with van der Waals surface area (Å²) in [4.78, 5) is 15.8. The van der Waals surface area contributed by atoms with Gasteiger partial charge in [0.1, 0.15) is 0 Å². The first-order valence-electron chi connectivity index (χ1n) is 11.2. The average molecular weight is 416 g/mol. The standard InChI is InChI=1S/C27H29NO3/c1-30-26(29)27-13-12-22(28-14-16-31-17-15-28)18-24(27)25(21-10-6-3-7-11-21)23(19-27)20-8-4-2-5-9-20/h2-13,22,24H,14-19H2,1H3/t22-,24-,27-/m0/s1. The molecule has 0 saturated carbocycles. The highest BCUT2D eigenvalue weighted by atomic mass is 16.5. The van der Waals surface area contributed by atoms with E-state index in [2.05, 4.69) is 65.6 Å². The van der Waals surface area contributed by atoms with Crippen molar-refractivity contribution in [2.75, 3.05) is 33.4 Å². The lowest BCUT2D eigenvalue weighted by Crippen LogP contribution is -2.48. The highest BCUT2D eigenvalue weighted by molar-refractivity contribution is 6.01. The molecular formula is C27H29NO3. The molecule has 1 heterocycles. The molecule has 5 rings (SSSR count). The van der Waals surface area contributed by atoms with Crippen molar-refractivity contribution in [3.63, 3.8) is 0 Å². The molecular weight excluding hydrogens is 386 g/mol. The fraction of sp³-hybridized carbons (Fsp3) is 0.370. The third-order valence-corrected chi connectivity index (χ3v) is 7.14. The van der Waals surface area contributed by atoms with E-state index in [1.54, 1.807) is 0 Å². The van der Waals surface area contributed by atoms with Crippen LogP contribution >= 0.6 is 0 Å². The summed E-state index contributed by atoms with van der Waals surface area (Å²) in [5.41, 5.74) is 4.30. The number of ether oxygens (including phenoxy) is 2. The van der Waals surface area contributed by atoms with E-state index >= 15 is 0 Å². The van der Waals surface area contributed by atoms with Crippen molar-refractivity contribution in [3.8, 4) is 0 Å². The van der Waals surface area contributed by atoms with Crippen LogP contribution in [0.1, 0.15) is 24.0 Å². The van der Waals surface area contributed by atoms with Crippen LogP contribution in [0.4, 0.5) is 0 Å². The number of carbonyl (C=O) groups excluding carboxylic acids is 1. The van der Waals surface area contributed by atoms with Crippen molar-refractivity contribution in [2.24, 2.45) is 11.3 Å². The van der Waals surface area contributed by atoms with Gasteiger partial charge in [-0.3, -0.25) is 9.69 Å². The zero-order chi connectivity index (χ0) is 21.3. The molecule has 3 aliphatic rings. The molecule has 0 unspecified atom stereocenters. The first-order valence-corrected chi connectivity index (χ1v) is 11.2. The normalized spacial score (nSPS) is 28.4. The van der Waals surface area contributed by atoms with Crippen LogP contribution in [0, 0.1) is 11.3 Å². The van der Waals surface area contributed by atoms with Crippen molar-refractivity contribution < 1.29 is 14.3 Å². The molecule has 31 heavy (non-hydrogen) atoms. The Balaban J connectivity index is 1.64. The molecule has 1 fully saturated rings. The number of carbonyl (C=O) groups is 1. The predicted molar refractivity (Wildman–Crippen MR) is 122 cm³/mol. The summed E-state index contributed by atoms with van der Waals surface area (Å²) in [7, 11) is 1.51. The summed E-state index contributed by atoms with van der Waals surface area (Å²) in [5.74, 6) is -0.0519. The molecule has 0 aromatic heterocycles. The Labute approximate surface area is 184 Å². The Morgan fingerprint density at radius 3 is 2.29 bits per heavy atom. The van der Waals surface area contributed by atoms with Crippen LogP contribution in [-0.2, 0) is 14.3 Å². The maximum absolute atomic E-state index is 13.3. The molecule has 0 N–H and O–H groups in total. The van der Waals surface area contributed by atoms with Gasteiger partial charge in [-0.05, 0) is 35.1 Å². The molecule has 160 valence electrons. The molecule has 0 bridgehead atoms. The molecule has 1 aliphatic heterocycles. The van der Waals surface area contributed by atoms with Crippen LogP contribution in [0.3, 0.4) is 0 Å². The molecule has 2 aromatic carbocycles. The quantitative estimate of drug-likeness (QED) is 0.547. The van der Waals surface area contributed by atoms with E-state index in [0.717, 1.165) is 32.7 Å². The van der Waals surface area contributed by atoms with Gasteiger partial charge in [0.15, 0.2) is 0 Å². The Kier molecular flexibility index (Phi) is 5.51. The number of esters is 1. The van der Waals surface area contributed by atoms with Crippen molar-refractivity contribution >= 4 is 17.1 Å². The molecule has 1 saturated heterocycles. The van der Waals surface area contributed by atoms with E-state index in [0.29, 0.717) is 12.5 Å². The first kappa shape index (κ1) is 20.2. The van der Waals surface area contributed by atoms with Crippen molar-refractivity contribution in [2.45, 2.75) is 18.9 Å². The fourth-order valence-corrected chi connectivity index (χ4v) is 5.63. The number of rotatable bonds is 4. The lowest BCUT2D eigenvalue weighted by atomic mass is 9.67. The number of hydrogen-bond acceptors (Lipinski definition) is 4. The van der Waals surface area contributed by atoms with E-state index < -0.39 is 5.41 Å². The van der Waals surface area contributed by atoms with E-state index in [9.17, 15) is 4.79 Å². The molecule has 0 amide bonds. The van der Waals surface area contributed by atoms with Gasteiger partial charge in [0.05, 0.1) is 25.7 Å². The Morgan fingerprint density at radius 1 is 1.00 bits per heavy atom. The van der Waals surface area contributed by atoms with E-state index in [-0.39, 0.29) is 11.9 Å². The Bertz CT molecular complexity index is 992. The molecule has 0 radical (unpaired) electrons. The van der Waals surface area contributed by atoms with E-state index in [1.807, 2.05) is 12.1 Å². The summed E-state index contributed by atoms with van der Waals surface area (Å²) >= 11 is 0. The van der Waals surface area contributed by atoms with Gasteiger partial charge in [-0.15, -0.1) is 0 Å². The second-order valence-corrected chi connectivity index (χ2v) is 8.70.